The zero-order valence-electron chi connectivity index (χ0n) is 19.4. The number of benzene rings is 2. The highest BCUT2D eigenvalue weighted by molar-refractivity contribution is 7.22. The van der Waals surface area contributed by atoms with Crippen LogP contribution < -0.4 is 4.90 Å². The fourth-order valence-electron chi connectivity index (χ4n) is 4.48. The number of anilines is 1. The van der Waals surface area contributed by atoms with Gasteiger partial charge in [-0.1, -0.05) is 47.7 Å². The summed E-state index contributed by atoms with van der Waals surface area (Å²) >= 11 is 3.30. The Kier molecular flexibility index (Phi) is 6.48. The lowest BCUT2D eigenvalue weighted by molar-refractivity contribution is -0.134. The van der Waals surface area contributed by atoms with Crippen molar-refractivity contribution >= 4 is 49.8 Å². The normalized spacial score (nSPS) is 13.2. The number of aryl methyl sites for hydroxylation is 2. The molecule has 0 atom stereocenters. The number of hydrogen-bond acceptors (Lipinski definition) is 5. The summed E-state index contributed by atoms with van der Waals surface area (Å²) in [4.78, 5) is 36.2. The molecule has 0 spiro atoms. The summed E-state index contributed by atoms with van der Waals surface area (Å²) in [5.41, 5.74) is 5.51. The van der Waals surface area contributed by atoms with Crippen molar-refractivity contribution in [1.82, 2.24) is 9.88 Å². The zero-order chi connectivity index (χ0) is 23.7. The largest absolute Gasteiger partial charge is 0.338 e. The lowest BCUT2D eigenvalue weighted by Gasteiger charge is -2.27. The first-order chi connectivity index (χ1) is 16.5. The van der Waals surface area contributed by atoms with Gasteiger partial charge in [-0.25, -0.2) is 4.98 Å². The van der Waals surface area contributed by atoms with Crippen LogP contribution in [0.1, 0.15) is 40.0 Å². The predicted octanol–water partition coefficient (Wildman–Crippen LogP) is 5.87. The number of carbonyl (C=O) groups excluding carboxylic acids is 2. The maximum absolute atomic E-state index is 13.4. The van der Waals surface area contributed by atoms with Gasteiger partial charge in [0.1, 0.15) is 0 Å². The molecule has 174 valence electrons. The van der Waals surface area contributed by atoms with E-state index in [0.717, 1.165) is 34.3 Å². The van der Waals surface area contributed by atoms with Gasteiger partial charge >= 0.3 is 0 Å². The van der Waals surface area contributed by atoms with Crippen LogP contribution in [0.25, 0.3) is 10.2 Å². The van der Waals surface area contributed by atoms with Crippen LogP contribution in [0.3, 0.4) is 0 Å². The Morgan fingerprint density at radius 3 is 2.74 bits per heavy atom. The van der Waals surface area contributed by atoms with E-state index >= 15 is 0 Å². The lowest BCUT2D eigenvalue weighted by atomic mass is 10.1. The molecule has 0 saturated carbocycles. The minimum atomic E-state index is -0.0705. The van der Waals surface area contributed by atoms with Crippen LogP contribution in [0.2, 0.25) is 0 Å². The van der Waals surface area contributed by atoms with Gasteiger partial charge < -0.3 is 4.90 Å². The fourth-order valence-corrected chi connectivity index (χ4v) is 6.40. The summed E-state index contributed by atoms with van der Waals surface area (Å²) in [5, 5.41) is 2.77. The highest BCUT2D eigenvalue weighted by atomic mass is 32.1. The third-order valence-corrected chi connectivity index (χ3v) is 8.49. The summed E-state index contributed by atoms with van der Waals surface area (Å²) in [6.07, 6.45) is 1.29. The molecule has 3 heterocycles. The highest BCUT2D eigenvalue weighted by Gasteiger charge is 2.25. The third-order valence-electron chi connectivity index (χ3n) is 6.24. The summed E-state index contributed by atoms with van der Waals surface area (Å²) < 4.78 is 1.10. The van der Waals surface area contributed by atoms with Gasteiger partial charge in [-0.3, -0.25) is 14.5 Å². The number of nitrogens with zero attached hydrogens (tertiary/aromatic N) is 3. The van der Waals surface area contributed by atoms with Crippen molar-refractivity contribution in [2.24, 2.45) is 0 Å². The van der Waals surface area contributed by atoms with Crippen LogP contribution >= 0.6 is 22.7 Å². The van der Waals surface area contributed by atoms with Crippen molar-refractivity contribution in [3.05, 3.63) is 81.0 Å². The smallest absolute Gasteiger partial charge is 0.229 e. The SMILES string of the molecule is Cc1cc(C)c2sc(N(Cc3ccccc3)C(=O)CCC(=O)N3CCc4sccc4C3)nc2c1. The van der Waals surface area contributed by atoms with Crippen molar-refractivity contribution in [1.29, 1.82) is 0 Å². The molecular weight excluding hydrogens is 462 g/mol. The molecule has 0 N–H and O–H groups in total. The molecule has 34 heavy (non-hydrogen) atoms. The fraction of sp³-hybridized carbons (Fsp3) is 0.296. The van der Waals surface area contributed by atoms with Crippen LogP contribution in [0, 0.1) is 13.8 Å². The molecule has 2 aromatic heterocycles. The number of thiophene rings is 1. The Bertz CT molecular complexity index is 1340. The Hall–Kier alpha value is -3.03. The van der Waals surface area contributed by atoms with Crippen molar-refractivity contribution in [3.8, 4) is 0 Å². The summed E-state index contributed by atoms with van der Waals surface area (Å²) in [6, 6.07) is 16.3. The van der Waals surface area contributed by atoms with E-state index in [0.29, 0.717) is 18.2 Å². The van der Waals surface area contributed by atoms with Gasteiger partial charge in [0.2, 0.25) is 11.8 Å². The zero-order valence-corrected chi connectivity index (χ0v) is 21.0. The molecule has 4 aromatic rings. The predicted molar refractivity (Wildman–Crippen MR) is 139 cm³/mol. The van der Waals surface area contributed by atoms with E-state index in [-0.39, 0.29) is 24.7 Å². The monoisotopic (exact) mass is 489 g/mol. The highest BCUT2D eigenvalue weighted by Crippen LogP contribution is 2.33. The van der Waals surface area contributed by atoms with Gasteiger partial charge in [-0.15, -0.1) is 11.3 Å². The molecule has 7 heteroatoms. The molecule has 0 fully saturated rings. The van der Waals surface area contributed by atoms with Gasteiger partial charge in [0.05, 0.1) is 16.8 Å². The van der Waals surface area contributed by atoms with Crippen molar-refractivity contribution < 1.29 is 9.59 Å². The molecule has 0 bridgehead atoms. The number of aromatic nitrogens is 1. The number of carbonyl (C=O) groups is 2. The first-order valence-electron chi connectivity index (χ1n) is 11.5. The molecule has 1 aliphatic rings. The molecule has 2 aromatic carbocycles. The number of hydrogen-bond donors (Lipinski definition) is 0. The van der Waals surface area contributed by atoms with Crippen LogP contribution in [0.4, 0.5) is 5.13 Å². The summed E-state index contributed by atoms with van der Waals surface area (Å²) in [6.45, 7) is 5.95. The lowest BCUT2D eigenvalue weighted by Crippen LogP contribution is -2.37. The van der Waals surface area contributed by atoms with E-state index in [1.807, 2.05) is 35.2 Å². The molecule has 0 aliphatic carbocycles. The minimum Gasteiger partial charge on any atom is -0.338 e. The third kappa shape index (κ3) is 4.76. The van der Waals surface area contributed by atoms with Gasteiger partial charge in [-0.05, 0) is 60.0 Å². The molecule has 5 nitrogen and oxygen atoms in total. The van der Waals surface area contributed by atoms with E-state index < -0.39 is 0 Å². The Morgan fingerprint density at radius 2 is 1.91 bits per heavy atom. The van der Waals surface area contributed by atoms with E-state index in [9.17, 15) is 9.59 Å². The standard InChI is InChI=1S/C27H27N3O2S2/c1-18-14-19(2)26-22(15-18)28-27(34-26)30(16-20-6-4-3-5-7-20)25(32)9-8-24(31)29-12-10-23-21(17-29)11-13-33-23/h3-7,11,13-15H,8-10,12,16-17H2,1-2H3. The average molecular weight is 490 g/mol. The minimum absolute atomic E-state index is 0.0423. The van der Waals surface area contributed by atoms with Crippen LogP contribution in [-0.4, -0.2) is 28.2 Å². The maximum Gasteiger partial charge on any atom is 0.229 e. The number of amides is 2. The molecule has 0 radical (unpaired) electrons. The Morgan fingerprint density at radius 1 is 1.09 bits per heavy atom. The molecule has 0 unspecified atom stereocenters. The van der Waals surface area contributed by atoms with Crippen LogP contribution in [-0.2, 0) is 29.1 Å². The van der Waals surface area contributed by atoms with Gasteiger partial charge in [0.25, 0.3) is 0 Å². The first kappa shape index (κ1) is 22.7. The van der Waals surface area contributed by atoms with E-state index in [4.69, 9.17) is 4.98 Å². The quantitative estimate of drug-likeness (QED) is 0.340. The summed E-state index contributed by atoms with van der Waals surface area (Å²) in [5.74, 6) is -0.0282. The van der Waals surface area contributed by atoms with E-state index in [1.54, 1.807) is 27.6 Å². The van der Waals surface area contributed by atoms with Gasteiger partial charge in [0.15, 0.2) is 5.13 Å². The first-order valence-corrected chi connectivity index (χ1v) is 13.2. The Balaban J connectivity index is 1.34. The van der Waals surface area contributed by atoms with Crippen molar-refractivity contribution in [2.75, 3.05) is 11.4 Å². The number of fused-ring (bicyclic) bond motifs is 2. The molecule has 5 rings (SSSR count). The van der Waals surface area contributed by atoms with Crippen LogP contribution in [0.15, 0.2) is 53.9 Å². The summed E-state index contributed by atoms with van der Waals surface area (Å²) in [7, 11) is 0. The second-order valence-electron chi connectivity index (χ2n) is 8.83. The van der Waals surface area contributed by atoms with Crippen LogP contribution in [0.5, 0.6) is 0 Å². The second kappa shape index (κ2) is 9.68. The molecule has 0 saturated heterocycles. The van der Waals surface area contributed by atoms with E-state index in [2.05, 4.69) is 37.4 Å². The molecular formula is C27H27N3O2S2. The van der Waals surface area contributed by atoms with E-state index in [1.165, 1.54) is 16.0 Å². The van der Waals surface area contributed by atoms with Gasteiger partial charge in [-0.2, -0.15) is 0 Å². The second-order valence-corrected chi connectivity index (χ2v) is 10.8. The topological polar surface area (TPSA) is 53.5 Å². The molecule has 2 amide bonds. The average Bonchev–Trinajstić information content (AvgIpc) is 3.48. The Labute approximate surface area is 207 Å². The number of thiazole rings is 1. The number of rotatable bonds is 6. The van der Waals surface area contributed by atoms with Gasteiger partial charge in [0, 0.05) is 30.8 Å². The van der Waals surface area contributed by atoms with Crippen molar-refractivity contribution in [3.63, 3.8) is 0 Å². The maximum atomic E-state index is 13.4. The van der Waals surface area contributed by atoms with Crippen molar-refractivity contribution in [2.45, 2.75) is 46.2 Å². The molecule has 1 aliphatic heterocycles.